The quantitative estimate of drug-likeness (QED) is 0.114. The van der Waals surface area contributed by atoms with Crippen LogP contribution in [-0.4, -0.2) is 26.7 Å². The van der Waals surface area contributed by atoms with Gasteiger partial charge in [-0.3, -0.25) is 15.1 Å². The SMILES string of the molecule is COc1ccc([N+](=O)[O-])cc1-n1c(C)cc([C@@H]2[C@@H](c3ccccn3)NC(=S)N2c2ccc(Oc3ccccc3)cc2)c1C. The number of non-ortho nitro benzene ring substituents is 1. The predicted octanol–water partition coefficient (Wildman–Crippen LogP) is 7.38. The van der Waals surface area contributed by atoms with Crippen LogP contribution in [-0.2, 0) is 0 Å². The molecule has 3 heterocycles. The van der Waals surface area contributed by atoms with Crippen LogP contribution in [0.4, 0.5) is 11.4 Å². The summed E-state index contributed by atoms with van der Waals surface area (Å²) >= 11 is 5.93. The molecule has 0 aliphatic carbocycles. The molecule has 216 valence electrons. The van der Waals surface area contributed by atoms with Gasteiger partial charge >= 0.3 is 0 Å². The van der Waals surface area contributed by atoms with Gasteiger partial charge in [0.05, 0.1) is 35.5 Å². The number of para-hydroxylation sites is 1. The van der Waals surface area contributed by atoms with E-state index in [-0.39, 0.29) is 17.8 Å². The number of hydrogen-bond acceptors (Lipinski definition) is 6. The van der Waals surface area contributed by atoms with E-state index in [1.807, 2.05) is 91.2 Å². The minimum atomic E-state index is -0.401. The first-order valence-electron chi connectivity index (χ1n) is 13.7. The number of pyridine rings is 1. The number of rotatable bonds is 8. The van der Waals surface area contributed by atoms with Crippen molar-refractivity contribution in [3.8, 4) is 22.9 Å². The maximum atomic E-state index is 11.6. The molecule has 9 nitrogen and oxygen atoms in total. The van der Waals surface area contributed by atoms with E-state index in [0.29, 0.717) is 22.3 Å². The van der Waals surface area contributed by atoms with Gasteiger partial charge in [-0.2, -0.15) is 0 Å². The molecule has 1 fully saturated rings. The number of ether oxygens (including phenoxy) is 2. The Labute approximate surface area is 254 Å². The Hall–Kier alpha value is -5.22. The van der Waals surface area contributed by atoms with Gasteiger partial charge in [0, 0.05) is 35.4 Å². The van der Waals surface area contributed by atoms with E-state index < -0.39 is 4.92 Å². The van der Waals surface area contributed by atoms with Crippen LogP contribution < -0.4 is 19.7 Å². The molecule has 6 rings (SSSR count). The van der Waals surface area contributed by atoms with E-state index in [1.165, 1.54) is 6.07 Å². The molecule has 2 aromatic heterocycles. The molecule has 0 saturated carbocycles. The standard InChI is InChI=1S/C33H29N5O4S/c1-21-19-27(22(2)36(21)29-20-24(38(39)40)14-17-30(29)41-3)32-31(28-11-7-8-18-34-28)35-33(43)37(32)23-12-15-26(16-13-23)42-25-9-5-4-6-10-25/h4-20,31-32H,1-3H3,(H,35,43)/t31-,32-/m1/s1. The van der Waals surface area contributed by atoms with Crippen molar-refractivity contribution in [2.24, 2.45) is 0 Å². The zero-order chi connectivity index (χ0) is 30.1. The van der Waals surface area contributed by atoms with E-state index in [0.717, 1.165) is 34.1 Å². The van der Waals surface area contributed by atoms with E-state index >= 15 is 0 Å². The highest BCUT2D eigenvalue weighted by Gasteiger charge is 2.42. The number of aryl methyl sites for hydroxylation is 1. The van der Waals surface area contributed by atoms with Gasteiger partial charge < -0.3 is 24.3 Å². The minimum Gasteiger partial charge on any atom is -0.495 e. The summed E-state index contributed by atoms with van der Waals surface area (Å²) in [5, 5.41) is 15.7. The van der Waals surface area contributed by atoms with Crippen LogP contribution in [0.15, 0.2) is 103 Å². The average Bonchev–Trinajstić information content (AvgIpc) is 3.52. The van der Waals surface area contributed by atoms with Crippen LogP contribution in [0.25, 0.3) is 5.69 Å². The lowest BCUT2D eigenvalue weighted by Gasteiger charge is -2.28. The second kappa shape index (κ2) is 11.6. The molecular formula is C33H29N5O4S. The number of methoxy groups -OCH3 is 1. The molecular weight excluding hydrogens is 562 g/mol. The summed E-state index contributed by atoms with van der Waals surface area (Å²) in [6, 6.07) is 29.5. The Morgan fingerprint density at radius 3 is 2.33 bits per heavy atom. The fourth-order valence-corrected chi connectivity index (χ4v) is 6.02. The third-order valence-corrected chi connectivity index (χ3v) is 7.91. The van der Waals surface area contributed by atoms with E-state index in [4.69, 9.17) is 21.7 Å². The molecule has 0 bridgehead atoms. The third kappa shape index (κ3) is 5.28. The Bertz CT molecular complexity index is 1790. The Kier molecular flexibility index (Phi) is 7.52. The van der Waals surface area contributed by atoms with Crippen molar-refractivity contribution in [2.45, 2.75) is 25.9 Å². The maximum Gasteiger partial charge on any atom is 0.271 e. The fraction of sp³-hybridized carbons (Fsp3) is 0.152. The maximum absolute atomic E-state index is 11.6. The van der Waals surface area contributed by atoms with E-state index in [1.54, 1.807) is 25.4 Å². The Balaban J connectivity index is 1.45. The normalized spacial score (nSPS) is 16.2. The van der Waals surface area contributed by atoms with Crippen molar-refractivity contribution in [3.63, 3.8) is 0 Å². The molecule has 5 aromatic rings. The van der Waals surface area contributed by atoms with Gasteiger partial charge in [0.15, 0.2) is 5.11 Å². The molecule has 1 aliphatic heterocycles. The van der Waals surface area contributed by atoms with Gasteiger partial charge in [-0.15, -0.1) is 0 Å². The van der Waals surface area contributed by atoms with Crippen molar-refractivity contribution < 1.29 is 14.4 Å². The summed E-state index contributed by atoms with van der Waals surface area (Å²) < 4.78 is 13.6. The van der Waals surface area contributed by atoms with Crippen molar-refractivity contribution in [1.82, 2.24) is 14.9 Å². The van der Waals surface area contributed by atoms with Gasteiger partial charge in [0.2, 0.25) is 0 Å². The van der Waals surface area contributed by atoms with Crippen LogP contribution in [0.3, 0.4) is 0 Å². The summed E-state index contributed by atoms with van der Waals surface area (Å²) in [6.07, 6.45) is 1.77. The molecule has 2 atom stereocenters. The van der Waals surface area contributed by atoms with Gasteiger partial charge in [-0.05, 0) is 92.3 Å². The number of thiocarbonyl (C=S) groups is 1. The smallest absolute Gasteiger partial charge is 0.271 e. The number of nitrogens with zero attached hydrogens (tertiary/aromatic N) is 4. The second-order valence-corrected chi connectivity index (χ2v) is 10.6. The number of hydrogen-bond donors (Lipinski definition) is 1. The topological polar surface area (TPSA) is 94.7 Å². The Morgan fingerprint density at radius 2 is 1.65 bits per heavy atom. The van der Waals surface area contributed by atoms with Crippen molar-refractivity contribution in [3.05, 3.63) is 136 Å². The number of nitrogens with one attached hydrogen (secondary N) is 1. The second-order valence-electron chi connectivity index (χ2n) is 10.2. The van der Waals surface area contributed by atoms with E-state index in [9.17, 15) is 10.1 Å². The van der Waals surface area contributed by atoms with Crippen molar-refractivity contribution >= 4 is 28.7 Å². The molecule has 0 unspecified atom stereocenters. The summed E-state index contributed by atoms with van der Waals surface area (Å²) in [4.78, 5) is 18.0. The Morgan fingerprint density at radius 1 is 0.930 bits per heavy atom. The summed E-state index contributed by atoms with van der Waals surface area (Å²) in [5.41, 5.74) is 5.12. The van der Waals surface area contributed by atoms with Crippen LogP contribution in [0.1, 0.15) is 34.7 Å². The summed E-state index contributed by atoms with van der Waals surface area (Å²) in [6.45, 7) is 3.98. The monoisotopic (exact) mass is 591 g/mol. The molecule has 43 heavy (non-hydrogen) atoms. The fourth-order valence-electron chi connectivity index (χ4n) is 5.67. The first-order valence-corrected chi connectivity index (χ1v) is 14.1. The average molecular weight is 592 g/mol. The lowest BCUT2D eigenvalue weighted by Crippen LogP contribution is -2.29. The lowest BCUT2D eigenvalue weighted by atomic mass is 9.96. The minimum absolute atomic E-state index is 0.0145. The number of benzene rings is 3. The van der Waals surface area contributed by atoms with Crippen molar-refractivity contribution in [1.29, 1.82) is 0 Å². The highest BCUT2D eigenvalue weighted by Crippen LogP contribution is 2.44. The van der Waals surface area contributed by atoms with Crippen LogP contribution in [0, 0.1) is 24.0 Å². The number of nitro benzene ring substituents is 1. The van der Waals surface area contributed by atoms with Gasteiger partial charge in [-0.1, -0.05) is 24.3 Å². The summed E-state index contributed by atoms with van der Waals surface area (Å²) in [7, 11) is 1.56. The molecule has 1 saturated heterocycles. The van der Waals surface area contributed by atoms with Gasteiger partial charge in [-0.25, -0.2) is 0 Å². The van der Waals surface area contributed by atoms with Crippen molar-refractivity contribution in [2.75, 3.05) is 12.0 Å². The zero-order valence-electron chi connectivity index (χ0n) is 23.8. The molecule has 3 aromatic carbocycles. The number of anilines is 1. The van der Waals surface area contributed by atoms with Crippen LogP contribution in [0.2, 0.25) is 0 Å². The van der Waals surface area contributed by atoms with Crippen LogP contribution >= 0.6 is 12.2 Å². The number of aromatic nitrogens is 2. The molecule has 0 radical (unpaired) electrons. The number of nitro groups is 1. The van der Waals surface area contributed by atoms with Gasteiger partial charge in [0.25, 0.3) is 5.69 Å². The highest BCUT2D eigenvalue weighted by molar-refractivity contribution is 7.80. The van der Waals surface area contributed by atoms with E-state index in [2.05, 4.69) is 21.3 Å². The molecule has 0 spiro atoms. The first-order chi connectivity index (χ1) is 20.9. The van der Waals surface area contributed by atoms with Crippen LogP contribution in [0.5, 0.6) is 17.2 Å². The molecule has 1 aliphatic rings. The third-order valence-electron chi connectivity index (χ3n) is 7.59. The molecule has 10 heteroatoms. The molecule has 1 N–H and O–H groups in total. The molecule has 0 amide bonds. The lowest BCUT2D eigenvalue weighted by molar-refractivity contribution is -0.384. The first kappa shape index (κ1) is 27.9. The van der Waals surface area contributed by atoms with Gasteiger partial charge in [0.1, 0.15) is 17.2 Å². The zero-order valence-corrected chi connectivity index (χ0v) is 24.6. The largest absolute Gasteiger partial charge is 0.495 e. The highest BCUT2D eigenvalue weighted by atomic mass is 32.1. The predicted molar refractivity (Wildman–Crippen MR) is 169 cm³/mol. The summed E-state index contributed by atoms with van der Waals surface area (Å²) in [5.74, 6) is 2.00.